The van der Waals surface area contributed by atoms with Crippen LogP contribution in [0.4, 0.5) is 0 Å². The molecule has 1 saturated heterocycles. The maximum atomic E-state index is 12.4. The van der Waals surface area contributed by atoms with Gasteiger partial charge in [-0.3, -0.25) is 14.5 Å². The molecule has 7 heteroatoms. The summed E-state index contributed by atoms with van der Waals surface area (Å²) < 4.78 is 15.8. The van der Waals surface area contributed by atoms with Crippen LogP contribution in [0.5, 0.6) is 11.5 Å². The minimum Gasteiger partial charge on any atom is -0.461 e. The molecule has 1 aromatic carbocycles. The van der Waals surface area contributed by atoms with Crippen LogP contribution in [0.25, 0.3) is 6.08 Å². The highest BCUT2D eigenvalue weighted by Crippen LogP contribution is 2.32. The molecule has 4 rings (SSSR count). The monoisotopic (exact) mass is 368 g/mol. The first kappa shape index (κ1) is 17.4. The second kappa shape index (κ2) is 7.67. The standard InChI is InChI=1S/C20H20N2O5/c23-16(17-2-1-11-25-17)13-21-7-9-22(10-8-21)20(24)6-4-15-3-5-18-19(12-15)27-14-26-18/h1-6,11-12H,7-10,13-14H2. The van der Waals surface area contributed by atoms with Crippen LogP contribution in [-0.4, -0.2) is 61.0 Å². The van der Waals surface area contributed by atoms with E-state index in [2.05, 4.69) is 0 Å². The summed E-state index contributed by atoms with van der Waals surface area (Å²) in [6, 6.07) is 8.94. The van der Waals surface area contributed by atoms with Gasteiger partial charge in [0.1, 0.15) is 0 Å². The Morgan fingerprint density at radius 1 is 1.04 bits per heavy atom. The van der Waals surface area contributed by atoms with Crippen LogP contribution in [0.1, 0.15) is 16.1 Å². The molecule has 140 valence electrons. The highest BCUT2D eigenvalue weighted by molar-refractivity contribution is 5.95. The maximum absolute atomic E-state index is 12.4. The van der Waals surface area contributed by atoms with Crippen LogP contribution in [-0.2, 0) is 4.79 Å². The van der Waals surface area contributed by atoms with Crippen LogP contribution in [0.2, 0.25) is 0 Å². The average molecular weight is 368 g/mol. The molecule has 1 amide bonds. The summed E-state index contributed by atoms with van der Waals surface area (Å²) >= 11 is 0. The summed E-state index contributed by atoms with van der Waals surface area (Å²) in [5.74, 6) is 1.71. The van der Waals surface area contributed by atoms with Crippen molar-refractivity contribution in [3.63, 3.8) is 0 Å². The number of carbonyl (C=O) groups is 2. The number of rotatable bonds is 5. The summed E-state index contributed by atoms with van der Waals surface area (Å²) in [5.41, 5.74) is 0.885. The largest absolute Gasteiger partial charge is 0.461 e. The van der Waals surface area contributed by atoms with Crippen molar-refractivity contribution in [2.75, 3.05) is 39.5 Å². The fourth-order valence-corrected chi connectivity index (χ4v) is 3.13. The van der Waals surface area contributed by atoms with Gasteiger partial charge in [0.25, 0.3) is 0 Å². The van der Waals surface area contributed by atoms with Crippen LogP contribution < -0.4 is 9.47 Å². The molecule has 3 heterocycles. The number of Topliss-reactive ketones (excluding diaryl/α,β-unsaturated/α-hetero) is 1. The van der Waals surface area contributed by atoms with Gasteiger partial charge in [-0.15, -0.1) is 0 Å². The summed E-state index contributed by atoms with van der Waals surface area (Å²) in [5, 5.41) is 0. The normalized spacial score (nSPS) is 16.8. The zero-order valence-electron chi connectivity index (χ0n) is 14.8. The van der Waals surface area contributed by atoms with E-state index in [-0.39, 0.29) is 18.5 Å². The number of furan rings is 1. The summed E-state index contributed by atoms with van der Waals surface area (Å²) in [4.78, 5) is 28.3. The maximum Gasteiger partial charge on any atom is 0.246 e. The van der Waals surface area contributed by atoms with E-state index in [0.29, 0.717) is 44.2 Å². The number of fused-ring (bicyclic) bond motifs is 1. The lowest BCUT2D eigenvalue weighted by Crippen LogP contribution is -2.49. The second-order valence-electron chi connectivity index (χ2n) is 6.45. The Kier molecular flexibility index (Phi) is 4.93. The van der Waals surface area contributed by atoms with Gasteiger partial charge in [0, 0.05) is 32.3 Å². The highest BCUT2D eigenvalue weighted by Gasteiger charge is 2.22. The molecule has 0 radical (unpaired) electrons. The smallest absolute Gasteiger partial charge is 0.246 e. The number of amides is 1. The van der Waals surface area contributed by atoms with Gasteiger partial charge in [-0.1, -0.05) is 6.07 Å². The molecular formula is C20H20N2O5. The molecule has 1 aromatic heterocycles. The third-order valence-electron chi connectivity index (χ3n) is 4.66. The average Bonchev–Trinajstić information content (AvgIpc) is 3.38. The molecule has 0 saturated carbocycles. The Morgan fingerprint density at radius 2 is 1.85 bits per heavy atom. The van der Waals surface area contributed by atoms with Gasteiger partial charge >= 0.3 is 0 Å². The fourth-order valence-electron chi connectivity index (χ4n) is 3.13. The Morgan fingerprint density at radius 3 is 2.63 bits per heavy atom. The van der Waals surface area contributed by atoms with Gasteiger partial charge in [0.2, 0.25) is 18.5 Å². The van der Waals surface area contributed by atoms with E-state index in [9.17, 15) is 9.59 Å². The SMILES string of the molecule is O=C(CN1CCN(C(=O)C=Cc2ccc3c(c2)OCO3)CC1)c1ccco1. The summed E-state index contributed by atoms with van der Waals surface area (Å²) in [7, 11) is 0. The molecule has 2 aromatic rings. The predicted molar refractivity (Wildman–Crippen MR) is 97.7 cm³/mol. The van der Waals surface area contributed by atoms with Crippen molar-refractivity contribution in [2.45, 2.75) is 0 Å². The van der Waals surface area contributed by atoms with E-state index in [1.807, 2.05) is 23.1 Å². The first-order valence-corrected chi connectivity index (χ1v) is 8.85. The van der Waals surface area contributed by atoms with Crippen LogP contribution >= 0.6 is 0 Å². The van der Waals surface area contributed by atoms with Gasteiger partial charge in [-0.25, -0.2) is 0 Å². The Hall–Kier alpha value is -3.06. The molecule has 2 aliphatic heterocycles. The Bertz CT molecular complexity index is 851. The molecule has 0 N–H and O–H groups in total. The van der Waals surface area contributed by atoms with Crippen LogP contribution in [0.15, 0.2) is 47.1 Å². The molecule has 0 unspecified atom stereocenters. The van der Waals surface area contributed by atoms with Crippen molar-refractivity contribution >= 4 is 17.8 Å². The highest BCUT2D eigenvalue weighted by atomic mass is 16.7. The number of ketones is 1. The van der Waals surface area contributed by atoms with Gasteiger partial charge in [-0.2, -0.15) is 0 Å². The zero-order valence-corrected chi connectivity index (χ0v) is 14.8. The molecule has 1 fully saturated rings. The minimum atomic E-state index is -0.0394. The van der Waals surface area contributed by atoms with Crippen LogP contribution in [0, 0.1) is 0 Å². The predicted octanol–water partition coefficient (Wildman–Crippen LogP) is 2.05. The van der Waals surface area contributed by atoms with E-state index in [1.165, 1.54) is 6.26 Å². The number of ether oxygens (including phenoxy) is 2. The first-order chi connectivity index (χ1) is 13.2. The summed E-state index contributed by atoms with van der Waals surface area (Å²) in [6.07, 6.45) is 4.84. The van der Waals surface area contributed by atoms with Crippen molar-refractivity contribution in [2.24, 2.45) is 0 Å². The Balaban J connectivity index is 1.28. The topological polar surface area (TPSA) is 72.2 Å². The molecule has 0 aliphatic carbocycles. The summed E-state index contributed by atoms with van der Waals surface area (Å²) in [6.45, 7) is 3.05. The third-order valence-corrected chi connectivity index (χ3v) is 4.66. The quantitative estimate of drug-likeness (QED) is 0.594. The molecule has 2 aliphatic rings. The lowest BCUT2D eigenvalue weighted by atomic mass is 10.2. The number of benzene rings is 1. The van der Waals surface area contributed by atoms with E-state index in [1.54, 1.807) is 29.2 Å². The number of hydrogen-bond donors (Lipinski definition) is 0. The molecular weight excluding hydrogens is 348 g/mol. The number of nitrogens with zero attached hydrogens (tertiary/aromatic N) is 2. The van der Waals surface area contributed by atoms with Crippen LogP contribution in [0.3, 0.4) is 0 Å². The lowest BCUT2D eigenvalue weighted by Gasteiger charge is -2.33. The number of carbonyl (C=O) groups excluding carboxylic acids is 2. The van der Waals surface area contributed by atoms with E-state index in [4.69, 9.17) is 13.9 Å². The lowest BCUT2D eigenvalue weighted by molar-refractivity contribution is -0.127. The van der Waals surface area contributed by atoms with Crippen molar-refractivity contribution in [1.82, 2.24) is 9.80 Å². The Labute approximate surface area is 156 Å². The number of hydrogen-bond acceptors (Lipinski definition) is 6. The molecule has 0 bridgehead atoms. The third kappa shape index (κ3) is 4.03. The van der Waals surface area contributed by atoms with Crippen molar-refractivity contribution in [1.29, 1.82) is 0 Å². The van der Waals surface area contributed by atoms with Gasteiger partial charge in [0.15, 0.2) is 17.3 Å². The van der Waals surface area contributed by atoms with Crippen molar-refractivity contribution < 1.29 is 23.5 Å². The van der Waals surface area contributed by atoms with Gasteiger partial charge in [-0.05, 0) is 35.9 Å². The first-order valence-electron chi connectivity index (χ1n) is 8.85. The second-order valence-corrected chi connectivity index (χ2v) is 6.45. The molecule has 0 spiro atoms. The zero-order chi connectivity index (χ0) is 18.6. The molecule has 27 heavy (non-hydrogen) atoms. The van der Waals surface area contributed by atoms with Gasteiger partial charge < -0.3 is 18.8 Å². The van der Waals surface area contributed by atoms with Crippen molar-refractivity contribution in [3.05, 3.63) is 54.0 Å². The molecule has 0 atom stereocenters. The minimum absolute atomic E-state index is 0.0373. The van der Waals surface area contributed by atoms with E-state index in [0.717, 1.165) is 11.3 Å². The van der Waals surface area contributed by atoms with E-state index >= 15 is 0 Å². The van der Waals surface area contributed by atoms with Crippen molar-refractivity contribution in [3.8, 4) is 11.5 Å². The fraction of sp³-hybridized carbons (Fsp3) is 0.300. The molecule has 7 nitrogen and oxygen atoms in total. The van der Waals surface area contributed by atoms with E-state index < -0.39 is 0 Å². The number of piperazine rings is 1. The van der Waals surface area contributed by atoms with Gasteiger partial charge in [0.05, 0.1) is 12.8 Å².